The van der Waals surface area contributed by atoms with Gasteiger partial charge in [-0.05, 0) is 56.2 Å². The minimum absolute atomic E-state index is 0.0275. The number of carbonyl (C=O) groups excluding carboxylic acids is 2. The van der Waals surface area contributed by atoms with Gasteiger partial charge in [0.15, 0.2) is 0 Å². The largest absolute Gasteiger partial charge is 0.372 e. The zero-order valence-corrected chi connectivity index (χ0v) is 16.0. The Labute approximate surface area is 156 Å². The number of anilines is 1. The van der Waals surface area contributed by atoms with Crippen LogP contribution in [-0.2, 0) is 16.1 Å². The standard InChI is InChI=1S/C21H31N3O2/c1-16-10-13-24(14-11-16)18-8-6-17(7-9-18)15-22-20(26)21(2)12-4-3-5-19(25)23-21/h6-9,16H,3-5,10-15H2,1-2H3,(H,22,26)(H,23,25). The average Bonchev–Trinajstić information content (AvgIpc) is 2.82. The Morgan fingerprint density at radius 3 is 2.62 bits per heavy atom. The molecule has 1 aromatic rings. The number of nitrogens with zero attached hydrogens (tertiary/aromatic N) is 1. The molecule has 2 saturated heterocycles. The number of hydrogen-bond donors (Lipinski definition) is 2. The Kier molecular flexibility index (Phi) is 5.84. The molecule has 1 atom stereocenters. The monoisotopic (exact) mass is 357 g/mol. The van der Waals surface area contributed by atoms with Gasteiger partial charge in [0.1, 0.15) is 5.54 Å². The number of hydrogen-bond acceptors (Lipinski definition) is 3. The van der Waals surface area contributed by atoms with Crippen LogP contribution in [0.15, 0.2) is 24.3 Å². The van der Waals surface area contributed by atoms with Gasteiger partial charge in [-0.25, -0.2) is 0 Å². The van der Waals surface area contributed by atoms with Gasteiger partial charge in [0.2, 0.25) is 11.8 Å². The Bertz CT molecular complexity index is 635. The van der Waals surface area contributed by atoms with Crippen molar-refractivity contribution in [2.45, 2.75) is 64.5 Å². The fourth-order valence-corrected chi connectivity index (χ4v) is 3.84. The lowest BCUT2D eigenvalue weighted by atomic mass is 9.95. The number of nitrogens with one attached hydrogen (secondary N) is 2. The molecule has 3 rings (SSSR count). The first-order chi connectivity index (χ1) is 12.5. The van der Waals surface area contributed by atoms with Crippen LogP contribution in [0.1, 0.15) is 57.9 Å². The third kappa shape index (κ3) is 4.57. The summed E-state index contributed by atoms with van der Waals surface area (Å²) in [4.78, 5) is 26.8. The quantitative estimate of drug-likeness (QED) is 0.871. The lowest BCUT2D eigenvalue weighted by Gasteiger charge is -2.32. The van der Waals surface area contributed by atoms with Crippen LogP contribution in [0, 0.1) is 5.92 Å². The highest BCUT2D eigenvalue weighted by Gasteiger charge is 2.35. The molecule has 5 nitrogen and oxygen atoms in total. The number of benzene rings is 1. The fourth-order valence-electron chi connectivity index (χ4n) is 3.84. The van der Waals surface area contributed by atoms with Gasteiger partial charge in [0, 0.05) is 31.7 Å². The van der Waals surface area contributed by atoms with Crippen molar-refractivity contribution in [3.05, 3.63) is 29.8 Å². The molecule has 2 aliphatic rings. The summed E-state index contributed by atoms with van der Waals surface area (Å²) >= 11 is 0. The molecule has 5 heteroatoms. The van der Waals surface area contributed by atoms with E-state index in [-0.39, 0.29) is 11.8 Å². The van der Waals surface area contributed by atoms with Crippen LogP contribution >= 0.6 is 0 Å². The molecule has 142 valence electrons. The van der Waals surface area contributed by atoms with Gasteiger partial charge in [-0.3, -0.25) is 9.59 Å². The van der Waals surface area contributed by atoms with E-state index < -0.39 is 5.54 Å². The van der Waals surface area contributed by atoms with Crippen molar-refractivity contribution in [2.24, 2.45) is 5.92 Å². The van der Waals surface area contributed by atoms with Crippen LogP contribution in [0.2, 0.25) is 0 Å². The highest BCUT2D eigenvalue weighted by molar-refractivity contribution is 5.91. The summed E-state index contributed by atoms with van der Waals surface area (Å²) in [6.07, 6.45) is 5.46. The van der Waals surface area contributed by atoms with Crippen molar-refractivity contribution in [2.75, 3.05) is 18.0 Å². The number of amides is 2. The van der Waals surface area contributed by atoms with Crippen molar-refractivity contribution in [1.82, 2.24) is 10.6 Å². The molecule has 0 radical (unpaired) electrons. The lowest BCUT2D eigenvalue weighted by Crippen LogP contribution is -2.55. The van der Waals surface area contributed by atoms with Crippen LogP contribution in [-0.4, -0.2) is 30.4 Å². The highest BCUT2D eigenvalue weighted by atomic mass is 16.2. The Balaban J connectivity index is 1.54. The summed E-state index contributed by atoms with van der Waals surface area (Å²) in [6, 6.07) is 8.46. The third-order valence-electron chi connectivity index (χ3n) is 5.79. The predicted octanol–water partition coefficient (Wildman–Crippen LogP) is 2.99. The van der Waals surface area contributed by atoms with E-state index >= 15 is 0 Å². The number of rotatable bonds is 4. The zero-order chi connectivity index (χ0) is 18.6. The second-order valence-corrected chi connectivity index (χ2v) is 8.11. The first-order valence-corrected chi connectivity index (χ1v) is 9.89. The summed E-state index contributed by atoms with van der Waals surface area (Å²) in [5.74, 6) is 0.703. The van der Waals surface area contributed by atoms with Gasteiger partial charge in [-0.1, -0.05) is 25.5 Å². The maximum Gasteiger partial charge on any atom is 0.245 e. The second kappa shape index (κ2) is 8.11. The molecule has 2 amide bonds. The van der Waals surface area contributed by atoms with Gasteiger partial charge in [0.25, 0.3) is 0 Å². The Hall–Kier alpha value is -2.04. The Morgan fingerprint density at radius 2 is 1.92 bits per heavy atom. The van der Waals surface area contributed by atoms with Crippen LogP contribution in [0.3, 0.4) is 0 Å². The molecule has 0 spiro atoms. The van der Waals surface area contributed by atoms with E-state index in [0.29, 0.717) is 19.4 Å². The third-order valence-corrected chi connectivity index (χ3v) is 5.79. The van der Waals surface area contributed by atoms with Crippen molar-refractivity contribution in [3.8, 4) is 0 Å². The van der Waals surface area contributed by atoms with E-state index in [0.717, 1.165) is 37.4 Å². The van der Waals surface area contributed by atoms with Crippen LogP contribution in [0.25, 0.3) is 0 Å². The van der Waals surface area contributed by atoms with Gasteiger partial charge < -0.3 is 15.5 Å². The molecule has 0 saturated carbocycles. The van der Waals surface area contributed by atoms with Gasteiger partial charge in [-0.15, -0.1) is 0 Å². The van der Waals surface area contributed by atoms with E-state index in [2.05, 4.69) is 46.7 Å². The zero-order valence-electron chi connectivity index (χ0n) is 16.0. The van der Waals surface area contributed by atoms with Gasteiger partial charge in [-0.2, -0.15) is 0 Å². The molecule has 0 aliphatic carbocycles. The number of carbonyl (C=O) groups is 2. The second-order valence-electron chi connectivity index (χ2n) is 8.11. The van der Waals surface area contributed by atoms with Crippen LogP contribution in [0.5, 0.6) is 0 Å². The molecule has 0 bridgehead atoms. The summed E-state index contributed by atoms with van der Waals surface area (Å²) < 4.78 is 0. The van der Waals surface area contributed by atoms with E-state index in [9.17, 15) is 9.59 Å². The normalized spacial score (nSPS) is 24.7. The maximum atomic E-state index is 12.6. The van der Waals surface area contributed by atoms with Crippen molar-refractivity contribution in [3.63, 3.8) is 0 Å². The topological polar surface area (TPSA) is 61.4 Å². The minimum Gasteiger partial charge on any atom is -0.372 e. The molecule has 26 heavy (non-hydrogen) atoms. The molecule has 1 aromatic carbocycles. The highest BCUT2D eigenvalue weighted by Crippen LogP contribution is 2.23. The summed E-state index contributed by atoms with van der Waals surface area (Å²) in [6.45, 7) is 6.87. The molecule has 2 fully saturated rings. The summed E-state index contributed by atoms with van der Waals surface area (Å²) in [5.41, 5.74) is 1.55. The van der Waals surface area contributed by atoms with Gasteiger partial charge >= 0.3 is 0 Å². The molecule has 2 aliphatic heterocycles. The average molecular weight is 357 g/mol. The van der Waals surface area contributed by atoms with Crippen molar-refractivity contribution < 1.29 is 9.59 Å². The summed E-state index contributed by atoms with van der Waals surface area (Å²) in [7, 11) is 0. The SMILES string of the molecule is CC1CCN(c2ccc(CNC(=O)C3(C)CCCCC(=O)N3)cc2)CC1. The maximum absolute atomic E-state index is 12.6. The summed E-state index contributed by atoms with van der Waals surface area (Å²) in [5, 5.41) is 5.88. The van der Waals surface area contributed by atoms with E-state index in [1.54, 1.807) is 0 Å². The van der Waals surface area contributed by atoms with E-state index in [1.165, 1.54) is 18.5 Å². The minimum atomic E-state index is -0.794. The molecule has 2 N–H and O–H groups in total. The predicted molar refractivity (Wildman–Crippen MR) is 104 cm³/mol. The number of piperidine rings is 1. The molecular formula is C21H31N3O2. The fraction of sp³-hybridized carbons (Fsp3) is 0.619. The molecule has 1 unspecified atom stereocenters. The molecule has 0 aromatic heterocycles. The van der Waals surface area contributed by atoms with Gasteiger partial charge in [0.05, 0.1) is 0 Å². The first-order valence-electron chi connectivity index (χ1n) is 9.89. The van der Waals surface area contributed by atoms with E-state index in [4.69, 9.17) is 0 Å². The van der Waals surface area contributed by atoms with Crippen molar-refractivity contribution in [1.29, 1.82) is 0 Å². The first kappa shape index (κ1) is 18.7. The van der Waals surface area contributed by atoms with Crippen molar-refractivity contribution >= 4 is 17.5 Å². The van der Waals surface area contributed by atoms with Crippen LogP contribution in [0.4, 0.5) is 5.69 Å². The van der Waals surface area contributed by atoms with Crippen LogP contribution < -0.4 is 15.5 Å². The molecular weight excluding hydrogens is 326 g/mol. The molecule has 2 heterocycles. The lowest BCUT2D eigenvalue weighted by molar-refractivity contribution is -0.132. The van der Waals surface area contributed by atoms with E-state index in [1.807, 2.05) is 6.92 Å². The Morgan fingerprint density at radius 1 is 1.23 bits per heavy atom. The smallest absolute Gasteiger partial charge is 0.245 e.